The molecular weight excluding hydrogens is 252 g/mol. The van der Waals surface area contributed by atoms with E-state index in [0.29, 0.717) is 25.2 Å². The highest BCUT2D eigenvalue weighted by molar-refractivity contribution is 5.32. The Morgan fingerprint density at radius 2 is 1.90 bits per heavy atom. The predicted octanol–water partition coefficient (Wildman–Crippen LogP) is 1.51. The molecule has 2 fully saturated rings. The first kappa shape index (κ1) is 13.9. The normalized spacial score (nSPS) is 29.6. The minimum Gasteiger partial charge on any atom is -0.492 e. The molecule has 20 heavy (non-hydrogen) atoms. The second-order valence-corrected chi connectivity index (χ2v) is 5.91. The standard InChI is InChI=1S/C16H24N2O2/c17-11-12-3-1-2-4-16(12)20-8-7-18-13-5-6-14(18)10-15(19)9-13/h1-4,13-15,19H,5-11,17H2. The molecule has 110 valence electrons. The highest BCUT2D eigenvalue weighted by Crippen LogP contribution is 2.35. The Morgan fingerprint density at radius 3 is 2.60 bits per heavy atom. The number of para-hydroxylation sites is 1. The number of ether oxygens (including phenoxy) is 1. The van der Waals surface area contributed by atoms with Gasteiger partial charge in [0.2, 0.25) is 0 Å². The van der Waals surface area contributed by atoms with Gasteiger partial charge in [0.1, 0.15) is 12.4 Å². The number of fused-ring (bicyclic) bond motifs is 2. The monoisotopic (exact) mass is 276 g/mol. The average Bonchev–Trinajstić information content (AvgIpc) is 2.70. The fourth-order valence-corrected chi connectivity index (χ4v) is 3.68. The largest absolute Gasteiger partial charge is 0.492 e. The first-order valence-electron chi connectivity index (χ1n) is 7.62. The smallest absolute Gasteiger partial charge is 0.123 e. The fourth-order valence-electron chi connectivity index (χ4n) is 3.68. The summed E-state index contributed by atoms with van der Waals surface area (Å²) in [5.41, 5.74) is 6.78. The van der Waals surface area contributed by atoms with Crippen molar-refractivity contribution in [1.29, 1.82) is 0 Å². The van der Waals surface area contributed by atoms with E-state index in [1.807, 2.05) is 24.3 Å². The van der Waals surface area contributed by atoms with E-state index >= 15 is 0 Å². The van der Waals surface area contributed by atoms with Crippen molar-refractivity contribution in [3.05, 3.63) is 29.8 Å². The Morgan fingerprint density at radius 1 is 1.20 bits per heavy atom. The van der Waals surface area contributed by atoms with Crippen LogP contribution in [0.15, 0.2) is 24.3 Å². The van der Waals surface area contributed by atoms with Crippen LogP contribution in [0.2, 0.25) is 0 Å². The van der Waals surface area contributed by atoms with Crippen molar-refractivity contribution >= 4 is 0 Å². The number of hydrogen-bond donors (Lipinski definition) is 2. The number of piperidine rings is 1. The summed E-state index contributed by atoms with van der Waals surface area (Å²) in [7, 11) is 0. The van der Waals surface area contributed by atoms with E-state index in [1.54, 1.807) is 0 Å². The summed E-state index contributed by atoms with van der Waals surface area (Å²) in [6, 6.07) is 9.07. The van der Waals surface area contributed by atoms with Crippen LogP contribution < -0.4 is 10.5 Å². The van der Waals surface area contributed by atoms with E-state index in [0.717, 1.165) is 30.7 Å². The predicted molar refractivity (Wildman–Crippen MR) is 78.6 cm³/mol. The zero-order chi connectivity index (χ0) is 13.9. The molecule has 0 aromatic heterocycles. The summed E-state index contributed by atoms with van der Waals surface area (Å²) in [4.78, 5) is 2.53. The molecule has 2 bridgehead atoms. The van der Waals surface area contributed by atoms with Gasteiger partial charge < -0.3 is 15.6 Å². The summed E-state index contributed by atoms with van der Waals surface area (Å²) in [5, 5.41) is 9.81. The van der Waals surface area contributed by atoms with Crippen LogP contribution in [0.5, 0.6) is 5.75 Å². The molecular formula is C16H24N2O2. The molecule has 1 aromatic carbocycles. The first-order valence-corrected chi connectivity index (χ1v) is 7.62. The summed E-state index contributed by atoms with van der Waals surface area (Å²) in [6.45, 7) is 2.15. The highest BCUT2D eigenvalue weighted by Gasteiger charge is 2.39. The van der Waals surface area contributed by atoms with Crippen molar-refractivity contribution in [2.45, 2.75) is 50.4 Å². The van der Waals surface area contributed by atoms with Crippen molar-refractivity contribution < 1.29 is 9.84 Å². The van der Waals surface area contributed by atoms with Crippen LogP contribution in [-0.2, 0) is 6.54 Å². The maximum atomic E-state index is 9.81. The van der Waals surface area contributed by atoms with Gasteiger partial charge in [0, 0.05) is 30.7 Å². The molecule has 3 rings (SSSR count). The number of rotatable bonds is 5. The Labute approximate surface area is 120 Å². The third-order valence-electron chi connectivity index (χ3n) is 4.66. The molecule has 4 nitrogen and oxygen atoms in total. The third-order valence-corrected chi connectivity index (χ3v) is 4.66. The van der Waals surface area contributed by atoms with Gasteiger partial charge in [0.15, 0.2) is 0 Å². The van der Waals surface area contributed by atoms with E-state index in [2.05, 4.69) is 4.90 Å². The van der Waals surface area contributed by atoms with E-state index in [4.69, 9.17) is 10.5 Å². The SMILES string of the molecule is NCc1ccccc1OCCN1C2CCC1CC(O)C2. The maximum Gasteiger partial charge on any atom is 0.123 e. The van der Waals surface area contributed by atoms with Gasteiger partial charge in [-0.3, -0.25) is 4.90 Å². The minimum atomic E-state index is -0.0948. The summed E-state index contributed by atoms with van der Waals surface area (Å²) < 4.78 is 5.90. The number of nitrogens with zero attached hydrogens (tertiary/aromatic N) is 1. The van der Waals surface area contributed by atoms with Gasteiger partial charge in [0.25, 0.3) is 0 Å². The van der Waals surface area contributed by atoms with E-state index in [1.165, 1.54) is 12.8 Å². The lowest BCUT2D eigenvalue weighted by molar-refractivity contribution is 0.0287. The van der Waals surface area contributed by atoms with Crippen LogP contribution in [0.4, 0.5) is 0 Å². The fraction of sp³-hybridized carbons (Fsp3) is 0.625. The lowest BCUT2D eigenvalue weighted by Gasteiger charge is -2.37. The second-order valence-electron chi connectivity index (χ2n) is 5.91. The lowest BCUT2D eigenvalue weighted by Crippen LogP contribution is -2.46. The van der Waals surface area contributed by atoms with Crippen LogP contribution in [0.25, 0.3) is 0 Å². The van der Waals surface area contributed by atoms with Crippen molar-refractivity contribution in [1.82, 2.24) is 4.90 Å². The van der Waals surface area contributed by atoms with Crippen molar-refractivity contribution in [3.8, 4) is 5.75 Å². The number of hydrogen-bond acceptors (Lipinski definition) is 4. The van der Waals surface area contributed by atoms with Gasteiger partial charge in [0.05, 0.1) is 6.10 Å². The van der Waals surface area contributed by atoms with Gasteiger partial charge in [-0.05, 0) is 31.7 Å². The van der Waals surface area contributed by atoms with Crippen LogP contribution >= 0.6 is 0 Å². The van der Waals surface area contributed by atoms with Gasteiger partial charge >= 0.3 is 0 Å². The quantitative estimate of drug-likeness (QED) is 0.856. The number of benzene rings is 1. The number of aliphatic hydroxyl groups is 1. The minimum absolute atomic E-state index is 0.0948. The van der Waals surface area contributed by atoms with Crippen LogP contribution in [-0.4, -0.2) is 41.3 Å². The van der Waals surface area contributed by atoms with E-state index in [-0.39, 0.29) is 6.10 Å². The Bertz CT molecular complexity index is 438. The van der Waals surface area contributed by atoms with Crippen molar-refractivity contribution in [2.24, 2.45) is 5.73 Å². The maximum absolute atomic E-state index is 9.81. The molecule has 4 heteroatoms. The third kappa shape index (κ3) is 2.82. The van der Waals surface area contributed by atoms with Crippen molar-refractivity contribution in [2.75, 3.05) is 13.2 Å². The van der Waals surface area contributed by atoms with Gasteiger partial charge in [-0.2, -0.15) is 0 Å². The number of nitrogens with two attached hydrogens (primary N) is 1. The molecule has 1 aromatic rings. The summed E-state index contributed by atoms with van der Waals surface area (Å²) in [6.07, 6.45) is 4.20. The van der Waals surface area contributed by atoms with Gasteiger partial charge in [-0.15, -0.1) is 0 Å². The van der Waals surface area contributed by atoms with Crippen LogP contribution in [0, 0.1) is 0 Å². The molecule has 2 aliphatic heterocycles. The molecule has 2 saturated heterocycles. The molecule has 0 spiro atoms. The number of aliphatic hydroxyl groups excluding tert-OH is 1. The van der Waals surface area contributed by atoms with Crippen molar-refractivity contribution in [3.63, 3.8) is 0 Å². The molecule has 3 N–H and O–H groups in total. The summed E-state index contributed by atoms with van der Waals surface area (Å²) in [5.74, 6) is 0.902. The van der Waals surface area contributed by atoms with Gasteiger partial charge in [-0.25, -0.2) is 0 Å². The molecule has 2 atom stereocenters. The zero-order valence-corrected chi connectivity index (χ0v) is 11.9. The topological polar surface area (TPSA) is 58.7 Å². The molecule has 2 heterocycles. The molecule has 0 amide bonds. The molecule has 2 unspecified atom stereocenters. The molecule has 0 radical (unpaired) electrons. The van der Waals surface area contributed by atoms with Crippen LogP contribution in [0.3, 0.4) is 0 Å². The molecule has 2 aliphatic rings. The molecule has 0 aliphatic carbocycles. The summed E-state index contributed by atoms with van der Waals surface area (Å²) >= 11 is 0. The molecule has 0 saturated carbocycles. The second kappa shape index (κ2) is 6.12. The Kier molecular flexibility index (Phi) is 4.24. The van der Waals surface area contributed by atoms with E-state index < -0.39 is 0 Å². The average molecular weight is 276 g/mol. The van der Waals surface area contributed by atoms with Crippen LogP contribution in [0.1, 0.15) is 31.2 Å². The lowest BCUT2D eigenvalue weighted by atomic mass is 10.0. The Balaban J connectivity index is 1.53. The van der Waals surface area contributed by atoms with Gasteiger partial charge in [-0.1, -0.05) is 18.2 Å². The highest BCUT2D eigenvalue weighted by atomic mass is 16.5. The first-order chi connectivity index (χ1) is 9.78. The zero-order valence-electron chi connectivity index (χ0n) is 11.9. The van der Waals surface area contributed by atoms with E-state index in [9.17, 15) is 5.11 Å². The Hall–Kier alpha value is -1.10.